The van der Waals surface area contributed by atoms with Gasteiger partial charge in [0.2, 0.25) is 0 Å². The highest BCUT2D eigenvalue weighted by atomic mass is 16.5. The molecule has 0 atom stereocenters. The second-order valence-corrected chi connectivity index (χ2v) is 6.85. The van der Waals surface area contributed by atoms with Gasteiger partial charge in [-0.05, 0) is 24.3 Å². The number of nitrogens with zero attached hydrogens (tertiary/aromatic N) is 2. The fourth-order valence-electron chi connectivity index (χ4n) is 3.25. The van der Waals surface area contributed by atoms with Crippen molar-refractivity contribution in [1.82, 2.24) is 9.80 Å². The largest absolute Gasteiger partial charge is 0.497 e. The van der Waals surface area contributed by atoms with E-state index in [2.05, 4.69) is 10.2 Å². The number of methoxy groups -OCH3 is 2. The lowest BCUT2D eigenvalue weighted by atomic mass is 10.1. The summed E-state index contributed by atoms with van der Waals surface area (Å²) < 4.78 is 16.2. The zero-order chi connectivity index (χ0) is 20.5. The maximum absolute atomic E-state index is 13.0. The van der Waals surface area contributed by atoms with Crippen molar-refractivity contribution in [3.8, 4) is 11.5 Å². The van der Waals surface area contributed by atoms with Crippen LogP contribution in [0.25, 0.3) is 0 Å². The summed E-state index contributed by atoms with van der Waals surface area (Å²) in [5.41, 5.74) is 1.70. The molecular formula is C22H29N3O4. The Hall–Kier alpha value is -2.77. The van der Waals surface area contributed by atoms with Gasteiger partial charge in [-0.1, -0.05) is 18.2 Å². The quantitative estimate of drug-likeness (QED) is 0.739. The second kappa shape index (κ2) is 10.7. The van der Waals surface area contributed by atoms with E-state index in [1.165, 1.54) is 0 Å². The van der Waals surface area contributed by atoms with Crippen molar-refractivity contribution in [3.05, 3.63) is 54.1 Å². The number of nitrogens with one attached hydrogen (secondary N) is 1. The van der Waals surface area contributed by atoms with Gasteiger partial charge in [0.1, 0.15) is 11.5 Å². The van der Waals surface area contributed by atoms with Crippen LogP contribution >= 0.6 is 0 Å². The third-order valence-electron chi connectivity index (χ3n) is 4.96. The lowest BCUT2D eigenvalue weighted by Crippen LogP contribution is -2.44. The molecular weight excluding hydrogens is 370 g/mol. The molecule has 2 amide bonds. The number of anilines is 1. The summed E-state index contributed by atoms with van der Waals surface area (Å²) in [6.07, 6.45) is 0. The molecule has 7 nitrogen and oxygen atoms in total. The van der Waals surface area contributed by atoms with Gasteiger partial charge in [-0.2, -0.15) is 0 Å². The van der Waals surface area contributed by atoms with Crippen LogP contribution < -0.4 is 14.8 Å². The Balaban J connectivity index is 1.73. The number of hydrogen-bond donors (Lipinski definition) is 1. The van der Waals surface area contributed by atoms with Gasteiger partial charge in [-0.15, -0.1) is 0 Å². The number of morpholine rings is 1. The van der Waals surface area contributed by atoms with E-state index < -0.39 is 0 Å². The molecule has 0 spiro atoms. The minimum atomic E-state index is -0.137. The maximum Gasteiger partial charge on any atom is 0.322 e. The topological polar surface area (TPSA) is 63.3 Å². The molecule has 1 aliphatic rings. The number of amides is 2. The van der Waals surface area contributed by atoms with Gasteiger partial charge in [0.15, 0.2) is 0 Å². The predicted molar refractivity (Wildman–Crippen MR) is 113 cm³/mol. The Kier molecular flexibility index (Phi) is 7.72. The molecule has 29 heavy (non-hydrogen) atoms. The Morgan fingerprint density at radius 1 is 1.10 bits per heavy atom. The third kappa shape index (κ3) is 6.10. The third-order valence-corrected chi connectivity index (χ3v) is 4.96. The van der Waals surface area contributed by atoms with E-state index in [0.29, 0.717) is 18.8 Å². The molecule has 0 aliphatic carbocycles. The smallest absolute Gasteiger partial charge is 0.322 e. The van der Waals surface area contributed by atoms with Gasteiger partial charge in [0, 0.05) is 43.5 Å². The van der Waals surface area contributed by atoms with Crippen molar-refractivity contribution < 1.29 is 19.0 Å². The molecule has 2 aromatic rings. The van der Waals surface area contributed by atoms with Gasteiger partial charge in [0.05, 0.1) is 34.0 Å². The van der Waals surface area contributed by atoms with E-state index in [0.717, 1.165) is 49.8 Å². The minimum absolute atomic E-state index is 0.137. The summed E-state index contributed by atoms with van der Waals surface area (Å²) in [5, 5.41) is 2.99. The molecule has 156 valence electrons. The second-order valence-electron chi connectivity index (χ2n) is 6.85. The van der Waals surface area contributed by atoms with E-state index in [9.17, 15) is 4.79 Å². The van der Waals surface area contributed by atoms with Crippen LogP contribution in [0.2, 0.25) is 0 Å². The summed E-state index contributed by atoms with van der Waals surface area (Å²) in [4.78, 5) is 17.1. The van der Waals surface area contributed by atoms with Gasteiger partial charge < -0.3 is 24.4 Å². The number of rotatable bonds is 8. The normalized spacial score (nSPS) is 14.3. The molecule has 0 aromatic heterocycles. The first kappa shape index (κ1) is 21.0. The van der Waals surface area contributed by atoms with Crippen LogP contribution in [0.15, 0.2) is 48.5 Å². The summed E-state index contributed by atoms with van der Waals surface area (Å²) >= 11 is 0. The molecule has 1 aliphatic heterocycles. The molecule has 0 unspecified atom stereocenters. The highest BCUT2D eigenvalue weighted by Gasteiger charge is 2.19. The van der Waals surface area contributed by atoms with E-state index in [4.69, 9.17) is 14.2 Å². The summed E-state index contributed by atoms with van der Waals surface area (Å²) in [7, 11) is 3.25. The van der Waals surface area contributed by atoms with E-state index in [1.807, 2.05) is 53.4 Å². The summed E-state index contributed by atoms with van der Waals surface area (Å²) in [6.45, 7) is 5.10. The zero-order valence-electron chi connectivity index (χ0n) is 17.1. The highest BCUT2D eigenvalue weighted by Crippen LogP contribution is 2.26. The first-order valence-electron chi connectivity index (χ1n) is 9.81. The van der Waals surface area contributed by atoms with Crippen LogP contribution in [0.5, 0.6) is 11.5 Å². The van der Waals surface area contributed by atoms with Crippen LogP contribution in [0.1, 0.15) is 5.56 Å². The van der Waals surface area contributed by atoms with Crippen LogP contribution in [0.3, 0.4) is 0 Å². The van der Waals surface area contributed by atoms with Crippen molar-refractivity contribution in [2.75, 3.05) is 58.9 Å². The first-order chi connectivity index (χ1) is 14.2. The fourth-order valence-corrected chi connectivity index (χ4v) is 3.25. The van der Waals surface area contributed by atoms with Gasteiger partial charge in [0.25, 0.3) is 0 Å². The molecule has 3 rings (SSSR count). The van der Waals surface area contributed by atoms with E-state index >= 15 is 0 Å². The van der Waals surface area contributed by atoms with Gasteiger partial charge >= 0.3 is 6.03 Å². The van der Waals surface area contributed by atoms with Crippen LogP contribution in [-0.2, 0) is 11.3 Å². The van der Waals surface area contributed by atoms with Crippen molar-refractivity contribution >= 4 is 11.7 Å². The lowest BCUT2D eigenvalue weighted by Gasteiger charge is -2.30. The van der Waals surface area contributed by atoms with Crippen molar-refractivity contribution in [3.63, 3.8) is 0 Å². The number of carbonyl (C=O) groups excluding carboxylic acids is 1. The average Bonchev–Trinajstić information content (AvgIpc) is 2.78. The molecule has 0 radical (unpaired) electrons. The molecule has 1 N–H and O–H groups in total. The molecule has 0 saturated carbocycles. The number of benzene rings is 2. The SMILES string of the molecule is COc1ccc(CN(CCN2CCOCC2)C(=O)Nc2ccccc2)c(OC)c1. The van der Waals surface area contributed by atoms with Crippen molar-refractivity contribution in [1.29, 1.82) is 0 Å². The molecule has 1 saturated heterocycles. The van der Waals surface area contributed by atoms with Crippen molar-refractivity contribution in [2.24, 2.45) is 0 Å². The van der Waals surface area contributed by atoms with Gasteiger partial charge in [-0.3, -0.25) is 4.90 Å². The standard InChI is InChI=1S/C22H29N3O4/c1-27-20-9-8-18(21(16-20)28-2)17-25(11-10-24-12-14-29-15-13-24)22(26)23-19-6-4-3-5-7-19/h3-9,16H,10-15,17H2,1-2H3,(H,23,26). The summed E-state index contributed by atoms with van der Waals surface area (Å²) in [5.74, 6) is 1.42. The Morgan fingerprint density at radius 3 is 2.55 bits per heavy atom. The summed E-state index contributed by atoms with van der Waals surface area (Å²) in [6, 6.07) is 15.0. The fraction of sp³-hybridized carbons (Fsp3) is 0.409. The number of para-hydroxylation sites is 1. The number of ether oxygens (including phenoxy) is 3. The van der Waals surface area contributed by atoms with E-state index in [-0.39, 0.29) is 6.03 Å². The maximum atomic E-state index is 13.0. The number of carbonyl (C=O) groups is 1. The molecule has 1 heterocycles. The Morgan fingerprint density at radius 2 is 1.86 bits per heavy atom. The zero-order valence-corrected chi connectivity index (χ0v) is 17.1. The first-order valence-corrected chi connectivity index (χ1v) is 9.81. The number of urea groups is 1. The van der Waals surface area contributed by atoms with Crippen molar-refractivity contribution in [2.45, 2.75) is 6.54 Å². The monoisotopic (exact) mass is 399 g/mol. The van der Waals surface area contributed by atoms with Crippen LogP contribution in [-0.4, -0.2) is 69.4 Å². The predicted octanol–water partition coefficient (Wildman–Crippen LogP) is 3.07. The lowest BCUT2D eigenvalue weighted by molar-refractivity contribution is 0.0349. The van der Waals surface area contributed by atoms with E-state index in [1.54, 1.807) is 14.2 Å². The Bertz CT molecular complexity index is 779. The van der Waals surface area contributed by atoms with Crippen LogP contribution in [0, 0.1) is 0 Å². The molecule has 7 heteroatoms. The van der Waals surface area contributed by atoms with Gasteiger partial charge in [-0.25, -0.2) is 4.79 Å². The molecule has 1 fully saturated rings. The number of hydrogen-bond acceptors (Lipinski definition) is 5. The average molecular weight is 399 g/mol. The highest BCUT2D eigenvalue weighted by molar-refractivity contribution is 5.89. The van der Waals surface area contributed by atoms with Crippen LogP contribution in [0.4, 0.5) is 10.5 Å². The minimum Gasteiger partial charge on any atom is -0.497 e. The molecule has 0 bridgehead atoms. The Labute approximate surface area is 172 Å². The molecule has 2 aromatic carbocycles.